The molecule has 0 aliphatic carbocycles. The molecule has 0 saturated carbocycles. The number of H-pyrrole nitrogens is 1. The van der Waals surface area contributed by atoms with E-state index in [4.69, 9.17) is 29.8 Å². The number of aliphatic carboxylic acids is 2. The minimum atomic E-state index is -1.17. The number of aromatic amines is 1. The number of carboxylic acids is 2. The van der Waals surface area contributed by atoms with Gasteiger partial charge in [0.1, 0.15) is 30.8 Å². The Morgan fingerprint density at radius 1 is 0.654 bits per heavy atom. The number of hydrogen-bond donors (Lipinski definition) is 8. The van der Waals surface area contributed by atoms with E-state index in [2.05, 4.69) is 31.2 Å². The van der Waals surface area contributed by atoms with Crippen LogP contribution in [0.5, 0.6) is 0 Å². The van der Waals surface area contributed by atoms with E-state index in [1.54, 1.807) is 26.5 Å². The summed E-state index contributed by atoms with van der Waals surface area (Å²) in [5.41, 5.74) is 6.48. The van der Waals surface area contributed by atoms with Crippen molar-refractivity contribution in [1.29, 1.82) is 0 Å². The maximum absolute atomic E-state index is 13.9. The van der Waals surface area contributed by atoms with Crippen molar-refractivity contribution in [3.05, 3.63) is 18.2 Å². The number of nitrogens with one attached hydrogen (secondary N) is 5. The predicted octanol–water partition coefficient (Wildman–Crippen LogP) is 5.15. The number of likely N-dealkylation sites (N-methyl/N-ethyl adjacent to an activating group) is 1. The maximum atomic E-state index is 13.9. The third-order valence-electron chi connectivity index (χ3n) is 14.6. The third-order valence-corrected chi connectivity index (χ3v) is 14.6. The predicted molar refractivity (Wildman–Crippen MR) is 306 cm³/mol. The average Bonchev–Trinajstić information content (AvgIpc) is 4.25. The van der Waals surface area contributed by atoms with Crippen LogP contribution < -0.4 is 27.0 Å². The summed E-state index contributed by atoms with van der Waals surface area (Å²) in [5.74, 6) is -3.82. The molecule has 1 aliphatic rings. The number of nitrogens with two attached hydrogens (primary N) is 1. The molecular weight excluding hydrogens is 1050 g/mol. The summed E-state index contributed by atoms with van der Waals surface area (Å²) in [6.07, 6.45) is 23.7. The number of imidazole rings is 1. The van der Waals surface area contributed by atoms with Crippen molar-refractivity contribution in [2.75, 3.05) is 79.5 Å². The number of ether oxygens (including phenoxy) is 4. The lowest BCUT2D eigenvalue weighted by Gasteiger charge is -2.30. The molecule has 4 amide bonds. The summed E-state index contributed by atoms with van der Waals surface area (Å²) in [4.78, 5) is 120. The summed E-state index contributed by atoms with van der Waals surface area (Å²) in [6.45, 7) is 3.98. The van der Waals surface area contributed by atoms with Gasteiger partial charge in [-0.25, -0.2) is 9.78 Å². The Kier molecular flexibility index (Phi) is 41.1. The number of nitrogens with zero attached hydrogens (tertiary/aromatic N) is 2. The lowest BCUT2D eigenvalue weighted by molar-refractivity contribution is -0.142. The Morgan fingerprint density at radius 2 is 1.23 bits per heavy atom. The first-order chi connectivity index (χ1) is 39.1. The molecule has 23 heteroatoms. The van der Waals surface area contributed by atoms with Gasteiger partial charge >= 0.3 is 11.9 Å². The average molecular weight is 1150 g/mol. The van der Waals surface area contributed by atoms with Crippen LogP contribution >= 0.6 is 0 Å². The van der Waals surface area contributed by atoms with Gasteiger partial charge < -0.3 is 61.1 Å². The highest BCUT2D eigenvalue weighted by Gasteiger charge is 2.37. The number of hydrogen-bond acceptors (Lipinski definition) is 16. The van der Waals surface area contributed by atoms with Gasteiger partial charge in [0.25, 0.3) is 0 Å². The van der Waals surface area contributed by atoms with Crippen molar-refractivity contribution in [2.45, 2.75) is 211 Å². The van der Waals surface area contributed by atoms with E-state index in [9.17, 15) is 48.3 Å². The van der Waals surface area contributed by atoms with Crippen LogP contribution in [0.4, 0.5) is 0 Å². The van der Waals surface area contributed by atoms with Gasteiger partial charge in [-0.1, -0.05) is 83.5 Å². The molecule has 1 saturated heterocycles. The van der Waals surface area contributed by atoms with Crippen molar-refractivity contribution >= 4 is 52.9 Å². The van der Waals surface area contributed by atoms with E-state index >= 15 is 0 Å². The highest BCUT2D eigenvalue weighted by atomic mass is 16.5. The zero-order valence-electron chi connectivity index (χ0n) is 48.8. The van der Waals surface area contributed by atoms with Gasteiger partial charge in [-0.3, -0.25) is 43.3 Å². The fourth-order valence-electron chi connectivity index (χ4n) is 9.86. The topological polar surface area (TPSA) is 337 Å². The van der Waals surface area contributed by atoms with Crippen molar-refractivity contribution in [3.63, 3.8) is 0 Å². The summed E-state index contributed by atoms with van der Waals surface area (Å²) >= 11 is 0. The molecule has 1 unspecified atom stereocenters. The minimum Gasteiger partial charge on any atom is -0.481 e. The molecule has 2 rings (SSSR count). The van der Waals surface area contributed by atoms with Crippen LogP contribution in [-0.4, -0.2) is 182 Å². The number of ketones is 3. The first-order valence-corrected chi connectivity index (χ1v) is 30.0. The van der Waals surface area contributed by atoms with Crippen LogP contribution in [-0.2, 0) is 68.5 Å². The number of amides is 4. The SMILES string of the molecule is CN[C@@H](Cc1cnc[nH]1)C(=O)CC[C@@H](CCCCNC(=O)COCCOCCNC(=O)COCCOCCCC(=O)CC[C@H](NC(=O)CCCCCCCCCCCCCCCCC(=O)O)C(=O)O)C(=O)C(C)N1CCC[C@H]1C(N)=O.[HH]. The van der Waals surface area contributed by atoms with Crippen molar-refractivity contribution in [2.24, 2.45) is 11.7 Å². The molecule has 464 valence electrons. The highest BCUT2D eigenvalue weighted by Crippen LogP contribution is 2.26. The van der Waals surface area contributed by atoms with Crippen molar-refractivity contribution in [3.8, 4) is 0 Å². The summed E-state index contributed by atoms with van der Waals surface area (Å²) in [5, 5.41) is 29.4. The van der Waals surface area contributed by atoms with E-state index in [0.29, 0.717) is 71.1 Å². The lowest BCUT2D eigenvalue weighted by Crippen LogP contribution is -2.49. The monoisotopic (exact) mass is 1150 g/mol. The summed E-state index contributed by atoms with van der Waals surface area (Å²) < 4.78 is 21.7. The van der Waals surface area contributed by atoms with Crippen molar-refractivity contribution < 1.29 is 73.7 Å². The van der Waals surface area contributed by atoms with E-state index in [1.165, 1.54) is 38.5 Å². The van der Waals surface area contributed by atoms with E-state index < -0.39 is 47.9 Å². The molecule has 2 heterocycles. The van der Waals surface area contributed by atoms with Crippen LogP contribution in [0.2, 0.25) is 0 Å². The standard InChI is InChI=1S/C58H100N8O15.H2/c1-44(66-32-19-23-50(66)57(59)75)56(74)45(26-29-51(68)49(60-2)39-46-40-61-43-64-46)21-17-18-30-62-53(70)41-81-38-36-79-34-31-63-54(71)42-80-37-35-78-33-20-22-47(67)27-28-48(58(76)77)65-52(69)24-15-13-11-9-7-5-3-4-6-8-10-12-14-16-25-55(72)73;/h40,43-45,48-50,60H,3-39,41-42H2,1-2H3,(H2,59,75)(H,61,64)(H,62,70)(H,63,71)(H,65,69)(H,72,73)(H,76,77);1H/t44?,45-,48+,49+,50+;/m1./s1. The summed E-state index contributed by atoms with van der Waals surface area (Å²) in [7, 11) is 1.73. The van der Waals surface area contributed by atoms with Gasteiger partial charge in [-0.15, -0.1) is 0 Å². The lowest BCUT2D eigenvalue weighted by atomic mass is 9.87. The Labute approximate surface area is 481 Å². The Balaban J connectivity index is 0.0000336. The fourth-order valence-corrected chi connectivity index (χ4v) is 9.86. The van der Waals surface area contributed by atoms with Crippen molar-refractivity contribution in [1.82, 2.24) is 36.1 Å². The molecule has 1 aromatic heterocycles. The second-order valence-corrected chi connectivity index (χ2v) is 21.2. The van der Waals surface area contributed by atoms with E-state index in [0.717, 1.165) is 57.1 Å². The van der Waals surface area contributed by atoms with Gasteiger partial charge in [-0.05, 0) is 78.3 Å². The smallest absolute Gasteiger partial charge is 0.326 e. The first kappa shape index (κ1) is 71.9. The maximum Gasteiger partial charge on any atom is 0.326 e. The van der Waals surface area contributed by atoms with Gasteiger partial charge in [0.15, 0.2) is 5.78 Å². The number of carbonyl (C=O) groups is 9. The molecule has 0 bridgehead atoms. The molecule has 0 aromatic carbocycles. The quantitative estimate of drug-likeness (QED) is 0.0391. The normalized spacial score (nSPS) is 14.9. The van der Waals surface area contributed by atoms with Gasteiger partial charge in [-0.2, -0.15) is 0 Å². The number of primary amides is 1. The highest BCUT2D eigenvalue weighted by molar-refractivity contribution is 5.89. The minimum absolute atomic E-state index is 0. The summed E-state index contributed by atoms with van der Waals surface area (Å²) in [6, 6.07) is -2.56. The van der Waals surface area contributed by atoms with Crippen LogP contribution in [0, 0.1) is 5.92 Å². The van der Waals surface area contributed by atoms with Crippen LogP contribution in [0.1, 0.15) is 187 Å². The zero-order chi connectivity index (χ0) is 59.3. The van der Waals surface area contributed by atoms with E-state index in [-0.39, 0.29) is 128 Å². The van der Waals surface area contributed by atoms with Gasteiger partial charge in [0.05, 0.1) is 57.5 Å². The molecule has 23 nitrogen and oxygen atoms in total. The molecule has 1 aliphatic heterocycles. The first-order valence-electron chi connectivity index (χ1n) is 30.0. The number of likely N-dealkylation sites (tertiary alicyclic amines) is 1. The van der Waals surface area contributed by atoms with Crippen LogP contribution in [0.25, 0.3) is 0 Å². The Bertz CT molecular complexity index is 1950. The number of carboxylic acid groups (broad SMARTS) is 2. The molecule has 0 spiro atoms. The second-order valence-electron chi connectivity index (χ2n) is 21.2. The molecule has 9 N–H and O–H groups in total. The van der Waals surface area contributed by atoms with Gasteiger partial charge in [0.2, 0.25) is 23.6 Å². The molecule has 0 radical (unpaired) electrons. The molecule has 5 atom stereocenters. The number of aromatic nitrogens is 2. The second kappa shape index (κ2) is 46.3. The number of rotatable bonds is 55. The van der Waals surface area contributed by atoms with Gasteiger partial charge in [0, 0.05) is 77.5 Å². The third kappa shape index (κ3) is 36.1. The molecular formula is C58H102N8O15. The fraction of sp³-hybridized carbons (Fsp3) is 0.793. The Hall–Kier alpha value is -5.20. The zero-order valence-corrected chi connectivity index (χ0v) is 48.8. The Morgan fingerprint density at radius 3 is 1.80 bits per heavy atom. The van der Waals surface area contributed by atoms with Crippen LogP contribution in [0.15, 0.2) is 12.5 Å². The largest absolute Gasteiger partial charge is 0.481 e. The molecule has 81 heavy (non-hydrogen) atoms. The molecule has 1 aromatic rings. The van der Waals surface area contributed by atoms with E-state index in [1.807, 2.05) is 4.90 Å². The number of carbonyl (C=O) groups excluding carboxylic acids is 7. The van der Waals surface area contributed by atoms with Crippen LogP contribution in [0.3, 0.4) is 0 Å². The number of Topliss-reactive ketones (excluding diaryl/α,β-unsaturated/α-hetero) is 3. The number of unbranched alkanes of at least 4 members (excludes halogenated alkanes) is 14. The molecule has 1 fully saturated rings.